The number of hydrogen-bond acceptors (Lipinski definition) is 4. The van der Waals surface area contributed by atoms with Gasteiger partial charge in [0.1, 0.15) is 6.04 Å². The zero-order valence-electron chi connectivity index (χ0n) is 25.7. The summed E-state index contributed by atoms with van der Waals surface area (Å²) in [6, 6.07) is 20.1. The van der Waals surface area contributed by atoms with Gasteiger partial charge in [-0.15, -0.1) is 11.3 Å². The maximum absolute atomic E-state index is 14.4. The Labute approximate surface area is 270 Å². The molecule has 0 bridgehead atoms. The third-order valence-corrected chi connectivity index (χ3v) is 9.79. The van der Waals surface area contributed by atoms with Crippen molar-refractivity contribution in [3.63, 3.8) is 0 Å². The largest absolute Gasteiger partial charge is 0.416 e. The molecule has 6 nitrogen and oxygen atoms in total. The highest BCUT2D eigenvalue weighted by Crippen LogP contribution is 2.34. The van der Waals surface area contributed by atoms with Gasteiger partial charge >= 0.3 is 6.18 Å². The number of para-hydroxylation sites is 1. The molecule has 4 N–H and O–H groups in total. The van der Waals surface area contributed by atoms with Gasteiger partial charge in [-0.1, -0.05) is 48.9 Å². The summed E-state index contributed by atoms with van der Waals surface area (Å²) >= 11 is 1.31. The van der Waals surface area contributed by atoms with Gasteiger partial charge in [0.2, 0.25) is 5.91 Å². The number of fused-ring (bicyclic) bond motifs is 1. The molecule has 2 aromatic heterocycles. The standard InChI is InChI=1S/C36H38F3N5OS/c1-23-7-4-12-29(15-23)43-35-44(33(22-46-35)26-10-6-11-28(17-26)36(37,38)39)32(18-27-21-41-31-14-3-2-13-30(27)31)34(45)42-20-25-9-5-8-24(16-25)19-40/h2-4,6-7,10-15,17,21-22,24-25,32,41H,5,8-9,16,18-20,40H2,1H3,(H,42,45)/t24?,25?,32-/m0/s1. The van der Waals surface area contributed by atoms with E-state index in [0.29, 0.717) is 53.1 Å². The summed E-state index contributed by atoms with van der Waals surface area (Å²) in [5.74, 6) is 0.584. The van der Waals surface area contributed by atoms with Gasteiger partial charge in [0.15, 0.2) is 4.80 Å². The van der Waals surface area contributed by atoms with Crippen LogP contribution in [0.2, 0.25) is 0 Å². The molecule has 1 aliphatic rings. The molecule has 0 spiro atoms. The van der Waals surface area contributed by atoms with E-state index in [2.05, 4.69) is 10.3 Å². The van der Waals surface area contributed by atoms with Crippen LogP contribution in [0.5, 0.6) is 0 Å². The second-order valence-electron chi connectivity index (χ2n) is 12.3. The molecule has 0 radical (unpaired) electrons. The molecule has 1 fully saturated rings. The molecule has 10 heteroatoms. The van der Waals surface area contributed by atoms with E-state index in [1.807, 2.05) is 66.2 Å². The van der Waals surface area contributed by atoms with Gasteiger partial charge in [-0.25, -0.2) is 4.99 Å². The summed E-state index contributed by atoms with van der Waals surface area (Å²) in [6.07, 6.45) is 1.91. The van der Waals surface area contributed by atoms with Crippen molar-refractivity contribution in [3.05, 3.63) is 106 Å². The summed E-state index contributed by atoms with van der Waals surface area (Å²) < 4.78 is 43.3. The van der Waals surface area contributed by atoms with E-state index in [4.69, 9.17) is 10.7 Å². The van der Waals surface area contributed by atoms with Crippen molar-refractivity contribution in [1.82, 2.24) is 14.9 Å². The van der Waals surface area contributed by atoms with Gasteiger partial charge in [0.05, 0.1) is 16.9 Å². The Balaban J connectivity index is 1.47. The van der Waals surface area contributed by atoms with Gasteiger partial charge in [-0.3, -0.25) is 4.79 Å². The molecular weight excluding hydrogens is 607 g/mol. The van der Waals surface area contributed by atoms with Crippen molar-refractivity contribution in [2.45, 2.75) is 51.2 Å². The van der Waals surface area contributed by atoms with E-state index >= 15 is 0 Å². The van der Waals surface area contributed by atoms with Crippen LogP contribution in [0.4, 0.5) is 18.9 Å². The van der Waals surface area contributed by atoms with Crippen LogP contribution in [0.3, 0.4) is 0 Å². The number of hydrogen-bond donors (Lipinski definition) is 3. The normalized spacial score (nSPS) is 18.2. The predicted molar refractivity (Wildman–Crippen MR) is 178 cm³/mol. The Hall–Kier alpha value is -4.15. The van der Waals surface area contributed by atoms with E-state index < -0.39 is 17.8 Å². The minimum atomic E-state index is -4.51. The second-order valence-corrected chi connectivity index (χ2v) is 13.1. The number of aromatic nitrogens is 2. The fourth-order valence-electron chi connectivity index (χ4n) is 6.55. The molecule has 240 valence electrons. The van der Waals surface area contributed by atoms with Gasteiger partial charge in [0, 0.05) is 35.4 Å². The number of thiazole rings is 1. The van der Waals surface area contributed by atoms with Crippen LogP contribution in [-0.4, -0.2) is 28.5 Å². The highest BCUT2D eigenvalue weighted by molar-refractivity contribution is 7.07. The van der Waals surface area contributed by atoms with E-state index in [9.17, 15) is 18.0 Å². The smallest absolute Gasteiger partial charge is 0.361 e. The van der Waals surface area contributed by atoms with E-state index in [1.54, 1.807) is 11.4 Å². The molecule has 2 unspecified atom stereocenters. The number of carbonyl (C=O) groups excluding carboxylic acids is 1. The molecule has 0 aliphatic heterocycles. The van der Waals surface area contributed by atoms with Crippen molar-refractivity contribution in [2.24, 2.45) is 22.6 Å². The Bertz CT molecular complexity index is 1890. The minimum absolute atomic E-state index is 0.197. The number of nitrogens with two attached hydrogens (primary N) is 1. The first-order valence-corrected chi connectivity index (χ1v) is 16.6. The van der Waals surface area contributed by atoms with Gasteiger partial charge in [0.25, 0.3) is 0 Å². The lowest BCUT2D eigenvalue weighted by atomic mass is 9.81. The fourth-order valence-corrected chi connectivity index (χ4v) is 7.51. The number of alkyl halides is 3. The Morgan fingerprint density at radius 2 is 1.89 bits per heavy atom. The topological polar surface area (TPSA) is 88.2 Å². The number of rotatable bonds is 9. The highest BCUT2D eigenvalue weighted by atomic mass is 32.1. The molecule has 46 heavy (non-hydrogen) atoms. The lowest BCUT2D eigenvalue weighted by Crippen LogP contribution is -2.40. The summed E-state index contributed by atoms with van der Waals surface area (Å²) in [7, 11) is 0. The van der Waals surface area contributed by atoms with Crippen LogP contribution in [0.1, 0.15) is 48.4 Å². The van der Waals surface area contributed by atoms with Crippen LogP contribution in [0.15, 0.2) is 89.4 Å². The van der Waals surface area contributed by atoms with Gasteiger partial charge < -0.3 is 20.6 Å². The minimum Gasteiger partial charge on any atom is -0.361 e. The third-order valence-electron chi connectivity index (χ3n) is 8.95. The molecule has 2 heterocycles. The van der Waals surface area contributed by atoms with Crippen molar-refractivity contribution < 1.29 is 18.0 Å². The van der Waals surface area contributed by atoms with Gasteiger partial charge in [-0.2, -0.15) is 13.2 Å². The molecule has 1 aliphatic carbocycles. The first kappa shape index (κ1) is 31.8. The summed E-state index contributed by atoms with van der Waals surface area (Å²) in [5.41, 5.74) is 9.72. The van der Waals surface area contributed by atoms with Gasteiger partial charge in [-0.05, 0) is 91.6 Å². The highest BCUT2D eigenvalue weighted by Gasteiger charge is 2.32. The maximum Gasteiger partial charge on any atom is 0.416 e. The molecule has 6 rings (SSSR count). The number of H-pyrrole nitrogens is 1. The molecule has 1 amide bonds. The second kappa shape index (κ2) is 13.7. The summed E-state index contributed by atoms with van der Waals surface area (Å²) in [4.78, 5) is 23.2. The number of nitrogens with zero attached hydrogens (tertiary/aromatic N) is 2. The summed E-state index contributed by atoms with van der Waals surface area (Å²) in [5, 5.41) is 6.02. The van der Waals surface area contributed by atoms with E-state index in [-0.39, 0.29) is 5.91 Å². The van der Waals surface area contributed by atoms with Crippen LogP contribution in [-0.2, 0) is 17.4 Å². The number of carbonyl (C=O) groups is 1. The molecule has 3 atom stereocenters. The maximum atomic E-state index is 14.4. The number of nitrogens with one attached hydrogen (secondary N) is 2. The zero-order chi connectivity index (χ0) is 32.3. The first-order valence-electron chi connectivity index (χ1n) is 15.7. The molecular formula is C36H38F3N5OS. The predicted octanol–water partition coefficient (Wildman–Crippen LogP) is 7.92. The number of halogens is 3. The lowest BCUT2D eigenvalue weighted by Gasteiger charge is -2.29. The van der Waals surface area contributed by atoms with Crippen LogP contribution < -0.4 is 15.9 Å². The Morgan fingerprint density at radius 1 is 1.09 bits per heavy atom. The van der Waals surface area contributed by atoms with Crippen LogP contribution in [0.25, 0.3) is 22.2 Å². The lowest BCUT2D eigenvalue weighted by molar-refractivity contribution is -0.137. The first-order chi connectivity index (χ1) is 22.2. The average molecular weight is 646 g/mol. The number of aryl methyl sites for hydroxylation is 1. The average Bonchev–Trinajstić information content (AvgIpc) is 3.66. The third kappa shape index (κ3) is 7.13. The van der Waals surface area contributed by atoms with Crippen LogP contribution in [0, 0.1) is 18.8 Å². The number of benzene rings is 3. The van der Waals surface area contributed by atoms with Crippen molar-refractivity contribution in [3.8, 4) is 11.3 Å². The molecule has 1 saturated carbocycles. The Morgan fingerprint density at radius 3 is 2.70 bits per heavy atom. The SMILES string of the molecule is Cc1cccc(N=c2scc(-c3cccc(C(F)(F)F)c3)n2[C@@H](Cc2c[nH]c3ccccc23)C(=O)NCC2CCCC(CN)C2)c1. The molecule has 0 saturated heterocycles. The quantitative estimate of drug-likeness (QED) is 0.152. The van der Waals surface area contributed by atoms with E-state index in [1.165, 1.54) is 17.4 Å². The van der Waals surface area contributed by atoms with Crippen LogP contribution >= 0.6 is 11.3 Å². The Kier molecular flexibility index (Phi) is 9.47. The van der Waals surface area contributed by atoms with Crippen molar-refractivity contribution >= 4 is 33.8 Å². The zero-order valence-corrected chi connectivity index (χ0v) is 26.5. The summed E-state index contributed by atoms with van der Waals surface area (Å²) in [6.45, 7) is 3.14. The number of amides is 1. The number of aromatic amines is 1. The fraction of sp³-hybridized carbons (Fsp3) is 0.333. The van der Waals surface area contributed by atoms with E-state index in [0.717, 1.165) is 59.8 Å². The molecule has 5 aromatic rings. The monoisotopic (exact) mass is 645 g/mol. The van der Waals surface area contributed by atoms with Crippen molar-refractivity contribution in [1.29, 1.82) is 0 Å². The molecule has 3 aromatic carbocycles. The van der Waals surface area contributed by atoms with Crippen molar-refractivity contribution in [2.75, 3.05) is 13.1 Å².